The summed E-state index contributed by atoms with van der Waals surface area (Å²) in [5, 5.41) is 3.73. The van der Waals surface area contributed by atoms with E-state index in [-0.39, 0.29) is 23.6 Å². The Kier molecular flexibility index (Phi) is 4.14. The molecule has 0 unspecified atom stereocenters. The summed E-state index contributed by atoms with van der Waals surface area (Å²) in [6.07, 6.45) is 1.96. The second-order valence-electron chi connectivity index (χ2n) is 7.02. The van der Waals surface area contributed by atoms with Crippen molar-refractivity contribution in [3.05, 3.63) is 65.6 Å². The highest BCUT2D eigenvalue weighted by Crippen LogP contribution is 2.29. The number of H-pyrrole nitrogens is 1. The van der Waals surface area contributed by atoms with E-state index < -0.39 is 0 Å². The fourth-order valence-electron chi connectivity index (χ4n) is 2.91. The summed E-state index contributed by atoms with van der Waals surface area (Å²) >= 11 is 0. The van der Waals surface area contributed by atoms with Crippen molar-refractivity contribution in [1.82, 2.24) is 4.98 Å². The van der Waals surface area contributed by atoms with Crippen molar-refractivity contribution >= 4 is 22.5 Å². The first kappa shape index (κ1) is 16.2. The van der Waals surface area contributed by atoms with Crippen molar-refractivity contribution in [1.29, 1.82) is 0 Å². The first-order chi connectivity index (χ1) is 11.3. The summed E-state index contributed by atoms with van der Waals surface area (Å²) in [6, 6.07) is 12.4. The highest BCUT2D eigenvalue weighted by Gasteiger charge is 2.19. The summed E-state index contributed by atoms with van der Waals surface area (Å²) < 4.78 is 13.4. The molecule has 2 N–H and O–H groups in total. The summed E-state index contributed by atoms with van der Waals surface area (Å²) in [4.78, 5) is 15.5. The maximum absolute atomic E-state index is 13.4. The second-order valence-corrected chi connectivity index (χ2v) is 7.02. The number of hydrogen-bond acceptors (Lipinski definition) is 1. The van der Waals surface area contributed by atoms with E-state index in [2.05, 4.69) is 31.1 Å². The molecule has 3 nitrogen and oxygen atoms in total. The van der Waals surface area contributed by atoms with Crippen molar-refractivity contribution in [3.8, 4) is 0 Å². The minimum absolute atomic E-state index is 0.0617. The molecule has 1 amide bonds. The predicted octanol–water partition coefficient (Wildman–Crippen LogP) is 4.79. The van der Waals surface area contributed by atoms with Crippen molar-refractivity contribution in [2.45, 2.75) is 32.6 Å². The molecule has 0 atom stereocenters. The zero-order valence-electron chi connectivity index (χ0n) is 14.1. The number of anilines is 1. The molecule has 0 aliphatic heterocycles. The minimum atomic E-state index is -0.304. The monoisotopic (exact) mass is 324 g/mol. The largest absolute Gasteiger partial charge is 0.361 e. The Hall–Kier alpha value is -2.62. The van der Waals surface area contributed by atoms with Crippen LogP contribution < -0.4 is 5.32 Å². The molecule has 124 valence electrons. The van der Waals surface area contributed by atoms with E-state index in [9.17, 15) is 9.18 Å². The minimum Gasteiger partial charge on any atom is -0.361 e. The number of aromatic nitrogens is 1. The fraction of sp³-hybridized carbons (Fsp3) is 0.250. The van der Waals surface area contributed by atoms with Crippen molar-refractivity contribution in [2.24, 2.45) is 0 Å². The predicted molar refractivity (Wildman–Crippen MR) is 95.7 cm³/mol. The molecule has 0 aliphatic carbocycles. The molecule has 1 aromatic heterocycles. The van der Waals surface area contributed by atoms with E-state index in [1.165, 1.54) is 12.1 Å². The normalized spacial score (nSPS) is 11.7. The topological polar surface area (TPSA) is 44.9 Å². The van der Waals surface area contributed by atoms with Crippen LogP contribution in [-0.2, 0) is 16.6 Å². The van der Waals surface area contributed by atoms with Gasteiger partial charge in [0.1, 0.15) is 5.82 Å². The van der Waals surface area contributed by atoms with Gasteiger partial charge in [0, 0.05) is 22.8 Å². The molecular weight excluding hydrogens is 303 g/mol. The number of carbonyl (C=O) groups is 1. The number of rotatable bonds is 3. The van der Waals surface area contributed by atoms with Crippen LogP contribution in [-0.4, -0.2) is 10.9 Å². The van der Waals surface area contributed by atoms with E-state index >= 15 is 0 Å². The second kappa shape index (κ2) is 6.11. The number of aromatic amines is 1. The summed E-state index contributed by atoms with van der Waals surface area (Å²) in [5.41, 5.74) is 3.46. The Morgan fingerprint density at radius 2 is 1.92 bits per heavy atom. The Bertz CT molecular complexity index is 890. The van der Waals surface area contributed by atoms with Crippen LogP contribution in [0, 0.1) is 5.82 Å². The molecule has 0 bridgehead atoms. The molecule has 24 heavy (non-hydrogen) atoms. The quantitative estimate of drug-likeness (QED) is 0.715. The maximum atomic E-state index is 13.4. The number of para-hydroxylation sites is 1. The van der Waals surface area contributed by atoms with E-state index in [1.807, 2.05) is 24.3 Å². The van der Waals surface area contributed by atoms with Gasteiger partial charge in [0.05, 0.1) is 6.42 Å². The van der Waals surface area contributed by atoms with Crippen LogP contribution in [0.3, 0.4) is 0 Å². The molecule has 0 aliphatic rings. The number of nitrogens with one attached hydrogen (secondary N) is 2. The number of hydrogen-bond donors (Lipinski definition) is 2. The summed E-state index contributed by atoms with van der Waals surface area (Å²) in [5.74, 6) is -0.418. The standard InChI is InChI=1S/C20H21FN2O/c1-20(2,3)16-6-4-5-7-18(16)23-19(24)10-13-12-22-17-9-8-14(21)11-15(13)17/h4-9,11-12,22H,10H2,1-3H3,(H,23,24). The van der Waals surface area contributed by atoms with Crippen molar-refractivity contribution < 1.29 is 9.18 Å². The van der Waals surface area contributed by atoms with Gasteiger partial charge in [-0.25, -0.2) is 4.39 Å². The van der Waals surface area contributed by atoms with Gasteiger partial charge in [0.15, 0.2) is 0 Å². The van der Waals surface area contributed by atoms with Crippen LogP contribution >= 0.6 is 0 Å². The van der Waals surface area contributed by atoms with Gasteiger partial charge in [-0.15, -0.1) is 0 Å². The Morgan fingerprint density at radius 1 is 1.17 bits per heavy atom. The zero-order valence-corrected chi connectivity index (χ0v) is 14.1. The third-order valence-electron chi connectivity index (χ3n) is 4.09. The van der Waals surface area contributed by atoms with Crippen LogP contribution in [0.15, 0.2) is 48.7 Å². The van der Waals surface area contributed by atoms with Gasteiger partial charge < -0.3 is 10.3 Å². The molecule has 0 fully saturated rings. The first-order valence-corrected chi connectivity index (χ1v) is 7.99. The third-order valence-corrected chi connectivity index (χ3v) is 4.09. The number of carbonyl (C=O) groups excluding carboxylic acids is 1. The van der Waals surface area contributed by atoms with Gasteiger partial charge in [-0.2, -0.15) is 0 Å². The molecule has 0 saturated carbocycles. The summed E-state index contributed by atoms with van der Waals surface area (Å²) in [6.45, 7) is 6.33. The van der Waals surface area contributed by atoms with Crippen LogP contribution in [0.2, 0.25) is 0 Å². The van der Waals surface area contributed by atoms with Crippen LogP contribution in [0.4, 0.5) is 10.1 Å². The van der Waals surface area contributed by atoms with E-state index in [0.717, 1.165) is 27.7 Å². The van der Waals surface area contributed by atoms with Gasteiger partial charge in [-0.05, 0) is 40.8 Å². The Morgan fingerprint density at radius 3 is 2.67 bits per heavy atom. The molecule has 2 aromatic carbocycles. The number of benzene rings is 2. The van der Waals surface area contributed by atoms with Crippen molar-refractivity contribution in [3.63, 3.8) is 0 Å². The smallest absolute Gasteiger partial charge is 0.228 e. The van der Waals surface area contributed by atoms with Gasteiger partial charge in [0.2, 0.25) is 5.91 Å². The average molecular weight is 324 g/mol. The van der Waals surface area contributed by atoms with Crippen molar-refractivity contribution in [2.75, 3.05) is 5.32 Å². The molecule has 0 spiro atoms. The van der Waals surface area contributed by atoms with E-state index in [1.54, 1.807) is 12.3 Å². The van der Waals surface area contributed by atoms with E-state index in [4.69, 9.17) is 0 Å². The van der Waals surface area contributed by atoms with Gasteiger partial charge in [-0.1, -0.05) is 39.0 Å². The lowest BCUT2D eigenvalue weighted by Gasteiger charge is -2.23. The molecule has 3 rings (SSSR count). The molecular formula is C20H21FN2O. The lowest BCUT2D eigenvalue weighted by molar-refractivity contribution is -0.115. The third kappa shape index (κ3) is 3.32. The van der Waals surface area contributed by atoms with E-state index in [0.29, 0.717) is 0 Å². The first-order valence-electron chi connectivity index (χ1n) is 7.99. The molecule has 3 aromatic rings. The molecule has 0 radical (unpaired) electrons. The number of amides is 1. The lowest BCUT2D eigenvalue weighted by atomic mass is 9.86. The Balaban J connectivity index is 1.82. The molecule has 1 heterocycles. The maximum Gasteiger partial charge on any atom is 0.228 e. The van der Waals surface area contributed by atoms with Crippen LogP contribution in [0.25, 0.3) is 10.9 Å². The van der Waals surface area contributed by atoms with Crippen LogP contribution in [0.5, 0.6) is 0 Å². The zero-order chi connectivity index (χ0) is 17.3. The molecule has 4 heteroatoms. The average Bonchev–Trinajstić information content (AvgIpc) is 2.89. The summed E-state index contributed by atoms with van der Waals surface area (Å²) in [7, 11) is 0. The number of halogens is 1. The van der Waals surface area contributed by atoms with Gasteiger partial charge in [-0.3, -0.25) is 4.79 Å². The SMILES string of the molecule is CC(C)(C)c1ccccc1NC(=O)Cc1c[nH]c2ccc(F)cc12. The fourth-order valence-corrected chi connectivity index (χ4v) is 2.91. The highest BCUT2D eigenvalue weighted by atomic mass is 19.1. The highest BCUT2D eigenvalue weighted by molar-refractivity contribution is 5.96. The Labute approximate surface area is 140 Å². The molecule has 0 saturated heterocycles. The van der Waals surface area contributed by atoms with Gasteiger partial charge in [0.25, 0.3) is 0 Å². The van der Waals surface area contributed by atoms with Gasteiger partial charge >= 0.3 is 0 Å². The lowest BCUT2D eigenvalue weighted by Crippen LogP contribution is -2.19. The van der Waals surface area contributed by atoms with Crippen LogP contribution in [0.1, 0.15) is 31.9 Å². The number of fused-ring (bicyclic) bond motifs is 1.